The number of rotatable bonds is 4. The molecule has 16 heavy (non-hydrogen) atoms. The summed E-state index contributed by atoms with van der Waals surface area (Å²) in [7, 11) is 1.58. The second kappa shape index (κ2) is 5.07. The van der Waals surface area contributed by atoms with Crippen LogP contribution in [0.2, 0.25) is 0 Å². The fraction of sp³-hybridized carbons (Fsp3) is 0.500. The van der Waals surface area contributed by atoms with Gasteiger partial charge in [0.05, 0.1) is 11.4 Å². The number of carboxylic acid groups (broad SMARTS) is 1. The van der Waals surface area contributed by atoms with Crippen LogP contribution in [-0.2, 0) is 4.79 Å². The zero-order chi connectivity index (χ0) is 12.3. The second-order valence-corrected chi connectivity index (χ2v) is 4.74. The highest BCUT2D eigenvalue weighted by Crippen LogP contribution is 2.13. The standard InChI is InChI=1S/C10H14N2O3S/c1-6(10(14)15)4-12(3)9(13)8-7(2)16-5-11-8/h5-6H,4H2,1-3H3,(H,14,15). The molecular weight excluding hydrogens is 228 g/mol. The number of aryl methyl sites for hydroxylation is 1. The van der Waals surface area contributed by atoms with Gasteiger partial charge in [0.2, 0.25) is 0 Å². The van der Waals surface area contributed by atoms with Gasteiger partial charge in [-0.1, -0.05) is 6.92 Å². The van der Waals surface area contributed by atoms with Crippen LogP contribution in [-0.4, -0.2) is 40.5 Å². The maximum absolute atomic E-state index is 11.9. The summed E-state index contributed by atoms with van der Waals surface area (Å²) in [6.07, 6.45) is 0. The molecule has 1 rings (SSSR count). The molecule has 88 valence electrons. The Labute approximate surface area is 97.7 Å². The molecule has 0 aromatic carbocycles. The van der Waals surface area contributed by atoms with Crippen LogP contribution in [0.3, 0.4) is 0 Å². The highest BCUT2D eigenvalue weighted by molar-refractivity contribution is 7.09. The molecule has 1 N–H and O–H groups in total. The molecule has 0 bridgehead atoms. The van der Waals surface area contributed by atoms with Gasteiger partial charge >= 0.3 is 5.97 Å². The summed E-state index contributed by atoms with van der Waals surface area (Å²) in [5, 5.41) is 8.75. The van der Waals surface area contributed by atoms with Crippen molar-refractivity contribution in [1.82, 2.24) is 9.88 Å². The van der Waals surface area contributed by atoms with Crippen molar-refractivity contribution in [3.8, 4) is 0 Å². The SMILES string of the molecule is Cc1scnc1C(=O)N(C)CC(C)C(=O)O. The number of amides is 1. The van der Waals surface area contributed by atoms with Crippen LogP contribution in [0.15, 0.2) is 5.51 Å². The minimum absolute atomic E-state index is 0.186. The van der Waals surface area contributed by atoms with Gasteiger partial charge in [-0.05, 0) is 6.92 Å². The number of aromatic nitrogens is 1. The van der Waals surface area contributed by atoms with E-state index in [4.69, 9.17) is 5.11 Å². The average Bonchev–Trinajstić information content (AvgIpc) is 2.62. The maximum atomic E-state index is 11.9. The molecule has 1 aromatic heterocycles. The summed E-state index contributed by atoms with van der Waals surface area (Å²) >= 11 is 1.40. The molecule has 0 spiro atoms. The fourth-order valence-electron chi connectivity index (χ4n) is 1.26. The number of hydrogen-bond donors (Lipinski definition) is 1. The van der Waals surface area contributed by atoms with Crippen molar-refractivity contribution in [1.29, 1.82) is 0 Å². The van der Waals surface area contributed by atoms with E-state index >= 15 is 0 Å². The Balaban J connectivity index is 2.69. The van der Waals surface area contributed by atoms with Gasteiger partial charge in [0.15, 0.2) is 0 Å². The summed E-state index contributed by atoms with van der Waals surface area (Å²) in [4.78, 5) is 28.7. The van der Waals surface area contributed by atoms with E-state index in [0.29, 0.717) is 5.69 Å². The number of carbonyl (C=O) groups is 2. The summed E-state index contributed by atoms with van der Waals surface area (Å²) in [5.74, 6) is -1.71. The molecule has 0 aliphatic carbocycles. The van der Waals surface area contributed by atoms with Crippen LogP contribution in [0.1, 0.15) is 22.3 Å². The molecule has 1 amide bonds. The van der Waals surface area contributed by atoms with Crippen molar-refractivity contribution in [2.45, 2.75) is 13.8 Å². The van der Waals surface area contributed by atoms with E-state index in [2.05, 4.69) is 4.98 Å². The Bertz CT molecular complexity index is 403. The lowest BCUT2D eigenvalue weighted by Crippen LogP contribution is -2.34. The molecule has 1 heterocycles. The van der Waals surface area contributed by atoms with Gasteiger partial charge in [0.25, 0.3) is 5.91 Å². The van der Waals surface area contributed by atoms with E-state index in [0.717, 1.165) is 4.88 Å². The maximum Gasteiger partial charge on any atom is 0.308 e. The Kier molecular flexibility index (Phi) is 4.00. The lowest BCUT2D eigenvalue weighted by atomic mass is 10.1. The zero-order valence-corrected chi connectivity index (χ0v) is 10.2. The lowest BCUT2D eigenvalue weighted by molar-refractivity contribution is -0.141. The van der Waals surface area contributed by atoms with Crippen LogP contribution in [0.4, 0.5) is 0 Å². The highest BCUT2D eigenvalue weighted by atomic mass is 32.1. The predicted molar refractivity (Wildman–Crippen MR) is 60.6 cm³/mol. The van der Waals surface area contributed by atoms with Crippen LogP contribution < -0.4 is 0 Å². The molecule has 0 aliphatic rings. The molecule has 5 nitrogen and oxygen atoms in total. The van der Waals surface area contributed by atoms with Gasteiger partial charge in [0.1, 0.15) is 5.69 Å². The number of nitrogens with zero attached hydrogens (tertiary/aromatic N) is 2. The van der Waals surface area contributed by atoms with Crippen molar-refractivity contribution in [2.24, 2.45) is 5.92 Å². The number of hydrogen-bond acceptors (Lipinski definition) is 4. The van der Waals surface area contributed by atoms with Crippen molar-refractivity contribution >= 4 is 23.2 Å². The first kappa shape index (κ1) is 12.6. The van der Waals surface area contributed by atoms with Gasteiger partial charge < -0.3 is 10.0 Å². The fourth-order valence-corrected chi connectivity index (χ4v) is 1.83. The van der Waals surface area contributed by atoms with Crippen LogP contribution in [0, 0.1) is 12.8 Å². The van der Waals surface area contributed by atoms with Gasteiger partial charge in [-0.15, -0.1) is 11.3 Å². The molecule has 1 unspecified atom stereocenters. The number of thiazole rings is 1. The van der Waals surface area contributed by atoms with Gasteiger partial charge in [0, 0.05) is 18.5 Å². The monoisotopic (exact) mass is 242 g/mol. The summed E-state index contributed by atoms with van der Waals surface area (Å²) in [6, 6.07) is 0. The van der Waals surface area contributed by atoms with Crippen LogP contribution in [0.25, 0.3) is 0 Å². The Hall–Kier alpha value is -1.43. The van der Waals surface area contributed by atoms with E-state index in [1.165, 1.54) is 16.2 Å². The molecule has 0 saturated heterocycles. The van der Waals surface area contributed by atoms with Crippen molar-refractivity contribution in [3.63, 3.8) is 0 Å². The third-order valence-electron chi connectivity index (χ3n) is 2.26. The molecule has 1 atom stereocenters. The molecule has 6 heteroatoms. The molecule has 1 aromatic rings. The first-order chi connectivity index (χ1) is 7.43. The summed E-state index contributed by atoms with van der Waals surface area (Å²) < 4.78 is 0. The van der Waals surface area contributed by atoms with Gasteiger partial charge in [-0.2, -0.15) is 0 Å². The van der Waals surface area contributed by atoms with Gasteiger partial charge in [-0.25, -0.2) is 4.98 Å². The predicted octanol–water partition coefficient (Wildman–Crippen LogP) is 1.24. The third kappa shape index (κ3) is 2.79. The van der Waals surface area contributed by atoms with Crippen LogP contribution >= 0.6 is 11.3 Å². The largest absolute Gasteiger partial charge is 0.481 e. The summed E-state index contributed by atoms with van der Waals surface area (Å²) in [6.45, 7) is 3.57. The number of carbonyl (C=O) groups excluding carboxylic acids is 1. The molecular formula is C10H14N2O3S. The van der Waals surface area contributed by atoms with Crippen molar-refractivity contribution in [3.05, 3.63) is 16.1 Å². The van der Waals surface area contributed by atoms with E-state index in [1.807, 2.05) is 6.92 Å². The van der Waals surface area contributed by atoms with E-state index < -0.39 is 11.9 Å². The Morgan fingerprint density at radius 3 is 2.69 bits per heavy atom. The topological polar surface area (TPSA) is 70.5 Å². The Morgan fingerprint density at radius 2 is 2.25 bits per heavy atom. The molecule has 0 fully saturated rings. The minimum Gasteiger partial charge on any atom is -0.481 e. The van der Waals surface area contributed by atoms with E-state index in [1.54, 1.807) is 19.5 Å². The first-order valence-electron chi connectivity index (χ1n) is 4.81. The van der Waals surface area contributed by atoms with Crippen molar-refractivity contribution in [2.75, 3.05) is 13.6 Å². The normalized spacial score (nSPS) is 12.2. The van der Waals surface area contributed by atoms with Gasteiger partial charge in [-0.3, -0.25) is 9.59 Å². The van der Waals surface area contributed by atoms with E-state index in [9.17, 15) is 9.59 Å². The minimum atomic E-state index is -0.908. The lowest BCUT2D eigenvalue weighted by Gasteiger charge is -2.18. The molecule has 0 saturated carbocycles. The highest BCUT2D eigenvalue weighted by Gasteiger charge is 2.20. The smallest absolute Gasteiger partial charge is 0.308 e. The number of aliphatic carboxylic acids is 1. The molecule has 0 aliphatic heterocycles. The third-order valence-corrected chi connectivity index (χ3v) is 3.02. The average molecular weight is 242 g/mol. The number of carboxylic acids is 1. The second-order valence-electron chi connectivity index (χ2n) is 3.68. The zero-order valence-electron chi connectivity index (χ0n) is 9.43. The van der Waals surface area contributed by atoms with Crippen molar-refractivity contribution < 1.29 is 14.7 Å². The quantitative estimate of drug-likeness (QED) is 0.862. The van der Waals surface area contributed by atoms with Crippen LogP contribution in [0.5, 0.6) is 0 Å². The molecule has 0 radical (unpaired) electrons. The Morgan fingerprint density at radius 1 is 1.62 bits per heavy atom. The van der Waals surface area contributed by atoms with E-state index in [-0.39, 0.29) is 12.5 Å². The summed E-state index contributed by atoms with van der Waals surface area (Å²) in [5.41, 5.74) is 2.02. The first-order valence-corrected chi connectivity index (χ1v) is 5.69.